The number of carboxylic acid groups (broad SMARTS) is 1. The Morgan fingerprint density at radius 2 is 2.35 bits per heavy atom. The molecule has 0 bridgehead atoms. The first-order valence-electron chi connectivity index (χ1n) is 5.41. The average molecular weight is 236 g/mol. The summed E-state index contributed by atoms with van der Waals surface area (Å²) in [7, 11) is 0. The Hall–Kier alpha value is -2.11. The lowest BCUT2D eigenvalue weighted by Gasteiger charge is -2.05. The molecule has 0 aliphatic carbocycles. The van der Waals surface area contributed by atoms with Crippen LogP contribution in [0.5, 0.6) is 0 Å². The number of nitrogens with one attached hydrogen (secondary N) is 1. The molecular formula is C11H16N4O2. The molecule has 0 atom stereocenters. The van der Waals surface area contributed by atoms with Crippen LogP contribution in [0, 0.1) is 0 Å². The fraction of sp³-hybridized carbons (Fsp3) is 0.364. The van der Waals surface area contributed by atoms with Crippen LogP contribution in [0.3, 0.4) is 0 Å². The molecule has 0 radical (unpaired) electrons. The van der Waals surface area contributed by atoms with Gasteiger partial charge in [0.2, 0.25) is 5.95 Å². The number of aliphatic carboxylic acids is 1. The topological polar surface area (TPSA) is 101 Å². The highest BCUT2D eigenvalue weighted by molar-refractivity contribution is 5.85. The van der Waals surface area contributed by atoms with Crippen molar-refractivity contribution in [3.8, 4) is 0 Å². The van der Waals surface area contributed by atoms with Crippen LogP contribution in [0.4, 0.5) is 11.8 Å². The van der Waals surface area contributed by atoms with Gasteiger partial charge in [0.1, 0.15) is 5.82 Å². The van der Waals surface area contributed by atoms with E-state index in [2.05, 4.69) is 22.2 Å². The Bertz CT molecular complexity index is 418. The third-order valence-electron chi connectivity index (χ3n) is 2.00. The van der Waals surface area contributed by atoms with Crippen LogP contribution >= 0.6 is 0 Å². The molecule has 0 amide bonds. The normalized spacial score (nSPS) is 10.6. The van der Waals surface area contributed by atoms with E-state index in [9.17, 15) is 4.79 Å². The van der Waals surface area contributed by atoms with Crippen LogP contribution in [0.1, 0.15) is 25.5 Å². The zero-order chi connectivity index (χ0) is 12.7. The van der Waals surface area contributed by atoms with E-state index in [4.69, 9.17) is 10.8 Å². The van der Waals surface area contributed by atoms with Crippen molar-refractivity contribution in [1.82, 2.24) is 9.97 Å². The summed E-state index contributed by atoms with van der Waals surface area (Å²) in [6.45, 7) is 2.89. The van der Waals surface area contributed by atoms with Crippen LogP contribution in [0.15, 0.2) is 12.1 Å². The quantitative estimate of drug-likeness (QED) is 0.509. The summed E-state index contributed by atoms with van der Waals surface area (Å²) >= 11 is 0. The summed E-state index contributed by atoms with van der Waals surface area (Å²) in [4.78, 5) is 18.3. The van der Waals surface area contributed by atoms with E-state index in [-0.39, 0.29) is 5.95 Å². The average Bonchev–Trinajstić information content (AvgIpc) is 2.26. The van der Waals surface area contributed by atoms with Gasteiger partial charge >= 0.3 is 5.97 Å². The van der Waals surface area contributed by atoms with Gasteiger partial charge in [-0.3, -0.25) is 0 Å². The Morgan fingerprint density at radius 1 is 1.59 bits per heavy atom. The lowest BCUT2D eigenvalue weighted by molar-refractivity contribution is -0.131. The molecule has 0 aliphatic rings. The Kier molecular flexibility index (Phi) is 4.93. The number of carbonyl (C=O) groups is 1. The number of carboxylic acids is 1. The van der Waals surface area contributed by atoms with Crippen molar-refractivity contribution in [3.63, 3.8) is 0 Å². The molecule has 0 saturated heterocycles. The summed E-state index contributed by atoms with van der Waals surface area (Å²) in [5.74, 6) is -0.296. The van der Waals surface area contributed by atoms with E-state index in [0.29, 0.717) is 11.5 Å². The van der Waals surface area contributed by atoms with Gasteiger partial charge in [-0.25, -0.2) is 9.78 Å². The van der Waals surface area contributed by atoms with Gasteiger partial charge in [-0.15, -0.1) is 0 Å². The van der Waals surface area contributed by atoms with Crippen molar-refractivity contribution in [1.29, 1.82) is 0 Å². The minimum absolute atomic E-state index is 0.122. The Balaban J connectivity index is 2.75. The first-order chi connectivity index (χ1) is 8.11. The number of nitrogen functional groups attached to an aromatic ring is 1. The lowest BCUT2D eigenvalue weighted by atomic mass is 10.3. The van der Waals surface area contributed by atoms with E-state index in [1.54, 1.807) is 6.07 Å². The van der Waals surface area contributed by atoms with Crippen molar-refractivity contribution < 1.29 is 9.90 Å². The van der Waals surface area contributed by atoms with Gasteiger partial charge in [0.25, 0.3) is 0 Å². The maximum absolute atomic E-state index is 10.4. The zero-order valence-electron chi connectivity index (χ0n) is 9.68. The van der Waals surface area contributed by atoms with E-state index >= 15 is 0 Å². The molecule has 1 rings (SSSR count). The highest BCUT2D eigenvalue weighted by Gasteiger charge is 2.00. The molecule has 0 saturated carbocycles. The second kappa shape index (κ2) is 6.47. The predicted molar refractivity (Wildman–Crippen MR) is 66.5 cm³/mol. The summed E-state index contributed by atoms with van der Waals surface area (Å²) in [6, 6.07) is 1.66. The van der Waals surface area contributed by atoms with Gasteiger partial charge < -0.3 is 16.2 Å². The van der Waals surface area contributed by atoms with Crippen molar-refractivity contribution >= 4 is 23.8 Å². The standard InChI is InChI=1S/C11H16N4O2/c1-2-3-6-13-9-7-8(4-5-10(16)17)14-11(12)15-9/h4-5,7H,2-3,6H2,1H3,(H,16,17)(H3,12,13,14,15)/b5-4+. The van der Waals surface area contributed by atoms with Crippen molar-refractivity contribution in [2.24, 2.45) is 0 Å². The SMILES string of the molecule is CCCCNc1cc(/C=C/C(=O)O)nc(N)n1. The number of hydrogen-bond acceptors (Lipinski definition) is 5. The van der Waals surface area contributed by atoms with Crippen LogP contribution in [0.2, 0.25) is 0 Å². The number of nitrogens with zero attached hydrogens (tertiary/aromatic N) is 2. The molecule has 0 aromatic carbocycles. The molecular weight excluding hydrogens is 220 g/mol. The number of rotatable bonds is 6. The summed E-state index contributed by atoms with van der Waals surface area (Å²) < 4.78 is 0. The largest absolute Gasteiger partial charge is 0.478 e. The van der Waals surface area contributed by atoms with Gasteiger partial charge in [-0.05, 0) is 12.5 Å². The molecule has 1 aromatic rings. The van der Waals surface area contributed by atoms with Gasteiger partial charge in [0.05, 0.1) is 5.69 Å². The molecule has 0 unspecified atom stereocenters. The molecule has 0 spiro atoms. The molecule has 1 heterocycles. The van der Waals surface area contributed by atoms with Crippen LogP contribution in [-0.2, 0) is 4.79 Å². The van der Waals surface area contributed by atoms with E-state index in [1.807, 2.05) is 0 Å². The van der Waals surface area contributed by atoms with Gasteiger partial charge in [0, 0.05) is 18.7 Å². The van der Waals surface area contributed by atoms with E-state index in [1.165, 1.54) is 6.08 Å². The minimum Gasteiger partial charge on any atom is -0.478 e. The van der Waals surface area contributed by atoms with E-state index in [0.717, 1.165) is 25.5 Å². The number of unbranched alkanes of at least 4 members (excludes halogenated alkanes) is 1. The highest BCUT2D eigenvalue weighted by Crippen LogP contribution is 2.09. The van der Waals surface area contributed by atoms with E-state index < -0.39 is 5.97 Å². The van der Waals surface area contributed by atoms with Crippen LogP contribution < -0.4 is 11.1 Å². The molecule has 1 aromatic heterocycles. The summed E-state index contributed by atoms with van der Waals surface area (Å²) in [5.41, 5.74) is 6.00. The van der Waals surface area contributed by atoms with Crippen LogP contribution in [0.25, 0.3) is 6.08 Å². The Labute approximate surface area is 99.6 Å². The molecule has 0 aliphatic heterocycles. The monoisotopic (exact) mass is 236 g/mol. The first-order valence-corrected chi connectivity index (χ1v) is 5.41. The third kappa shape index (κ3) is 4.96. The Morgan fingerprint density at radius 3 is 3.00 bits per heavy atom. The molecule has 0 fully saturated rings. The van der Waals surface area contributed by atoms with Crippen molar-refractivity contribution in [2.75, 3.05) is 17.6 Å². The molecule has 4 N–H and O–H groups in total. The fourth-order valence-corrected chi connectivity index (χ4v) is 1.21. The molecule has 6 nitrogen and oxygen atoms in total. The second-order valence-corrected chi connectivity index (χ2v) is 3.49. The maximum atomic E-state index is 10.4. The number of hydrogen-bond donors (Lipinski definition) is 3. The predicted octanol–water partition coefficient (Wildman–Crippen LogP) is 1.37. The number of anilines is 2. The summed E-state index contributed by atoms with van der Waals surface area (Å²) in [5, 5.41) is 11.6. The molecule has 17 heavy (non-hydrogen) atoms. The fourth-order valence-electron chi connectivity index (χ4n) is 1.21. The maximum Gasteiger partial charge on any atom is 0.328 e. The molecule has 6 heteroatoms. The lowest BCUT2D eigenvalue weighted by Crippen LogP contribution is -2.06. The highest BCUT2D eigenvalue weighted by atomic mass is 16.4. The zero-order valence-corrected chi connectivity index (χ0v) is 9.68. The van der Waals surface area contributed by atoms with Gasteiger partial charge in [-0.1, -0.05) is 13.3 Å². The smallest absolute Gasteiger partial charge is 0.328 e. The number of aromatic nitrogens is 2. The van der Waals surface area contributed by atoms with Crippen LogP contribution in [-0.4, -0.2) is 27.6 Å². The minimum atomic E-state index is -1.03. The third-order valence-corrected chi connectivity index (χ3v) is 2.00. The number of nitrogens with two attached hydrogens (primary N) is 1. The van der Waals surface area contributed by atoms with Gasteiger partial charge in [-0.2, -0.15) is 4.98 Å². The molecule has 92 valence electrons. The van der Waals surface area contributed by atoms with Crippen molar-refractivity contribution in [3.05, 3.63) is 17.8 Å². The van der Waals surface area contributed by atoms with Crippen molar-refractivity contribution in [2.45, 2.75) is 19.8 Å². The van der Waals surface area contributed by atoms with Gasteiger partial charge in [0.15, 0.2) is 0 Å². The second-order valence-electron chi connectivity index (χ2n) is 3.49. The summed E-state index contributed by atoms with van der Waals surface area (Å²) in [6.07, 6.45) is 4.51. The first kappa shape index (κ1) is 13.0.